The van der Waals surface area contributed by atoms with Crippen LogP contribution in [0.5, 0.6) is 0 Å². The third-order valence-electron chi connectivity index (χ3n) is 0. The van der Waals surface area contributed by atoms with Gasteiger partial charge in [0.1, 0.15) is 0 Å². The van der Waals surface area contributed by atoms with Crippen LogP contribution in [0.1, 0.15) is 0 Å². The third kappa shape index (κ3) is 182. The van der Waals surface area contributed by atoms with Crippen molar-refractivity contribution in [3.05, 3.63) is 46.0 Å². The average molecular weight is 245 g/mol. The van der Waals surface area contributed by atoms with Gasteiger partial charge in [0.05, 0.1) is 15.3 Å². The first-order valence-electron chi connectivity index (χ1n) is 1.64. The topological polar surface area (TPSA) is 199 Å². The summed E-state index contributed by atoms with van der Waals surface area (Å²) in [6.07, 6.45) is 0. The van der Waals surface area contributed by atoms with Crippen LogP contribution in [0, 0.1) is 46.0 Å². The molecule has 0 unspecified atom stereocenters. The van der Waals surface area contributed by atoms with Crippen LogP contribution in [-0.2, 0) is 16.5 Å². The Morgan fingerprint density at radius 1 is 0.538 bits per heavy atom. The Bertz CT molecular complexity index is 112. The van der Waals surface area contributed by atoms with E-state index in [0.717, 1.165) is 0 Å². The molecule has 0 radical (unpaired) electrons. The first kappa shape index (κ1) is 22.5. The molecule has 0 aromatic heterocycles. The molecule has 82 valence electrons. The van der Waals surface area contributed by atoms with Crippen molar-refractivity contribution >= 4 is 0 Å². The van der Waals surface area contributed by atoms with E-state index in [1.807, 2.05) is 0 Å². The molecule has 0 bridgehead atoms. The molecule has 0 aliphatic carbocycles. The Morgan fingerprint density at radius 3 is 0.538 bits per heavy atom. The molecule has 0 fully saturated rings. The van der Waals surface area contributed by atoms with Crippen molar-refractivity contribution in [1.29, 1.82) is 0 Å². The van der Waals surface area contributed by atoms with Crippen LogP contribution in [0.2, 0.25) is 0 Å². The third-order valence-corrected chi connectivity index (χ3v) is 0. The summed E-state index contributed by atoms with van der Waals surface area (Å²) in [4.78, 5) is 24.8. The largest absolute Gasteiger partial charge is 0.356 e. The molecule has 0 aromatic rings. The predicted octanol–water partition coefficient (Wildman–Crippen LogP) is -0.720. The molecule has 0 rings (SSSR count). The molecule has 0 atom stereocenters. The quantitative estimate of drug-likeness (QED) is 0.299. The minimum Gasteiger partial charge on any atom is -0.356 e. The van der Waals surface area contributed by atoms with Crippen LogP contribution in [0.3, 0.4) is 0 Å². The molecule has 0 saturated carbocycles. The zero-order chi connectivity index (χ0) is 10.7. The molecular formula is N3NiO9-3. The zero-order valence-corrected chi connectivity index (χ0v) is 6.32. The van der Waals surface area contributed by atoms with Crippen molar-refractivity contribution in [2.24, 2.45) is 0 Å². The SMILES string of the molecule is O=[N+]([O-])[O-].O=[N+]([O-])[O-].O=[N+]([O-])[O-].[Ni]. The van der Waals surface area contributed by atoms with Crippen LogP contribution in [-0.4, -0.2) is 15.3 Å². The molecular weight excluding hydrogens is 245 g/mol. The monoisotopic (exact) mass is 244 g/mol. The molecule has 0 amide bonds. The Hall–Kier alpha value is -1.91. The number of nitrogens with zero attached hydrogens (tertiary/aromatic N) is 3. The maximum atomic E-state index is 8.25. The molecule has 13 heteroatoms. The van der Waals surface area contributed by atoms with Crippen LogP contribution >= 0.6 is 0 Å². The van der Waals surface area contributed by atoms with E-state index in [1.54, 1.807) is 0 Å². The number of rotatable bonds is 0. The molecule has 12 nitrogen and oxygen atoms in total. The normalized spacial score (nSPS) is 5.54. The van der Waals surface area contributed by atoms with Crippen molar-refractivity contribution in [2.75, 3.05) is 0 Å². The second-order valence-corrected chi connectivity index (χ2v) is 0.671. The van der Waals surface area contributed by atoms with E-state index in [-0.39, 0.29) is 16.5 Å². The molecule has 13 heavy (non-hydrogen) atoms. The van der Waals surface area contributed by atoms with Crippen LogP contribution < -0.4 is 0 Å². The fraction of sp³-hybridized carbons (Fsp3) is 0. The standard InChI is InChI=1S/3NO3.Ni/c3*2-1(3)4;/q3*-1;. The minimum atomic E-state index is -1.75. The van der Waals surface area contributed by atoms with Crippen molar-refractivity contribution in [2.45, 2.75) is 0 Å². The summed E-state index contributed by atoms with van der Waals surface area (Å²) in [7, 11) is 0. The van der Waals surface area contributed by atoms with Gasteiger partial charge in [0.15, 0.2) is 0 Å². The molecule has 0 saturated heterocycles. The summed E-state index contributed by atoms with van der Waals surface area (Å²) >= 11 is 0. The van der Waals surface area contributed by atoms with Gasteiger partial charge in [-0.1, -0.05) is 0 Å². The molecule has 0 spiro atoms. The van der Waals surface area contributed by atoms with E-state index in [1.165, 1.54) is 0 Å². The van der Waals surface area contributed by atoms with E-state index in [4.69, 9.17) is 46.0 Å². The fourth-order valence-corrected chi connectivity index (χ4v) is 0. The van der Waals surface area contributed by atoms with Gasteiger partial charge in [0.25, 0.3) is 0 Å². The number of hydrogen-bond acceptors (Lipinski definition) is 9. The van der Waals surface area contributed by atoms with Crippen LogP contribution in [0.4, 0.5) is 0 Å². The molecule has 0 aliphatic heterocycles. The van der Waals surface area contributed by atoms with Gasteiger partial charge in [0.2, 0.25) is 0 Å². The van der Waals surface area contributed by atoms with E-state index in [2.05, 4.69) is 0 Å². The smallest absolute Gasteiger partial charge is 0.0689 e. The van der Waals surface area contributed by atoms with E-state index in [9.17, 15) is 0 Å². The molecule has 0 aliphatic rings. The second kappa shape index (κ2) is 16.6. The van der Waals surface area contributed by atoms with Gasteiger partial charge in [-0.2, -0.15) is 0 Å². The summed E-state index contributed by atoms with van der Waals surface area (Å²) < 4.78 is 0. The number of hydrogen-bond donors (Lipinski definition) is 0. The van der Waals surface area contributed by atoms with Crippen molar-refractivity contribution in [1.82, 2.24) is 0 Å². The van der Waals surface area contributed by atoms with Gasteiger partial charge >= 0.3 is 0 Å². The Balaban J connectivity index is -0.0000000450. The molecule has 0 heterocycles. The maximum absolute atomic E-state index is 8.25. The molecule has 0 N–H and O–H groups in total. The summed E-state index contributed by atoms with van der Waals surface area (Å²) in [5, 5.41) is 44.2. The summed E-state index contributed by atoms with van der Waals surface area (Å²) in [6, 6.07) is 0. The minimum absolute atomic E-state index is 0. The zero-order valence-electron chi connectivity index (χ0n) is 5.33. The van der Waals surface area contributed by atoms with Gasteiger partial charge in [-0.25, -0.2) is 0 Å². The van der Waals surface area contributed by atoms with Crippen LogP contribution in [0.25, 0.3) is 0 Å². The van der Waals surface area contributed by atoms with Crippen molar-refractivity contribution < 1.29 is 31.8 Å². The van der Waals surface area contributed by atoms with Gasteiger partial charge in [-0.15, -0.1) is 0 Å². The van der Waals surface area contributed by atoms with Gasteiger partial charge in [-0.3, -0.25) is 0 Å². The summed E-state index contributed by atoms with van der Waals surface area (Å²) in [5.41, 5.74) is 0. The maximum Gasteiger partial charge on any atom is 0.0689 e. The Labute approximate surface area is 78.6 Å². The van der Waals surface area contributed by atoms with Crippen LogP contribution in [0.15, 0.2) is 0 Å². The van der Waals surface area contributed by atoms with E-state index in [0.29, 0.717) is 0 Å². The molecule has 0 aromatic carbocycles. The first-order valence-corrected chi connectivity index (χ1v) is 1.64. The van der Waals surface area contributed by atoms with Gasteiger partial charge in [0, 0.05) is 16.5 Å². The fourth-order valence-electron chi connectivity index (χ4n) is 0. The average Bonchev–Trinajstić information content (AvgIpc) is 1.54. The Kier molecular flexibility index (Phi) is 28.7. The first-order chi connectivity index (χ1) is 5.20. The van der Waals surface area contributed by atoms with E-state index >= 15 is 0 Å². The summed E-state index contributed by atoms with van der Waals surface area (Å²) in [5.74, 6) is 0. The second-order valence-electron chi connectivity index (χ2n) is 0.671. The van der Waals surface area contributed by atoms with Gasteiger partial charge in [-0.05, 0) is 0 Å². The predicted molar refractivity (Wildman–Crippen MR) is 31.1 cm³/mol. The Morgan fingerprint density at radius 2 is 0.538 bits per heavy atom. The van der Waals surface area contributed by atoms with Gasteiger partial charge < -0.3 is 46.0 Å². The van der Waals surface area contributed by atoms with Crippen molar-refractivity contribution in [3.8, 4) is 0 Å². The van der Waals surface area contributed by atoms with E-state index < -0.39 is 15.3 Å². The van der Waals surface area contributed by atoms with Crippen molar-refractivity contribution in [3.63, 3.8) is 0 Å². The summed E-state index contributed by atoms with van der Waals surface area (Å²) in [6.45, 7) is 0.